The van der Waals surface area contributed by atoms with Gasteiger partial charge in [-0.3, -0.25) is 4.79 Å². The van der Waals surface area contributed by atoms with Gasteiger partial charge in [0, 0.05) is 31.0 Å². The van der Waals surface area contributed by atoms with E-state index in [-0.39, 0.29) is 19.0 Å². The Balaban J connectivity index is 1.72. The van der Waals surface area contributed by atoms with E-state index >= 15 is 0 Å². The number of carbonyl (C=O) groups is 1. The van der Waals surface area contributed by atoms with E-state index in [1.165, 1.54) is 4.31 Å². The zero-order valence-electron chi connectivity index (χ0n) is 15.5. The Hall–Kier alpha value is -2.68. The highest BCUT2D eigenvalue weighted by Crippen LogP contribution is 2.33. The van der Waals surface area contributed by atoms with Crippen molar-refractivity contribution in [1.82, 2.24) is 14.2 Å². The number of hydrogen-bond donors (Lipinski definition) is 2. The molecule has 146 valence electrons. The third kappa shape index (κ3) is 3.19. The molecule has 1 amide bonds. The molecule has 0 saturated carbocycles. The normalized spacial score (nSPS) is 20.5. The van der Waals surface area contributed by atoms with Gasteiger partial charge in [0.25, 0.3) is 16.1 Å². The summed E-state index contributed by atoms with van der Waals surface area (Å²) in [6.07, 6.45) is 0.448. The minimum atomic E-state index is -3.83. The number of nitrogens with one attached hydrogen (secondary N) is 1. The van der Waals surface area contributed by atoms with Crippen molar-refractivity contribution >= 4 is 27.0 Å². The van der Waals surface area contributed by atoms with Gasteiger partial charge < -0.3 is 9.88 Å². The highest BCUT2D eigenvalue weighted by atomic mass is 32.2. The van der Waals surface area contributed by atoms with Gasteiger partial charge in [-0.05, 0) is 24.1 Å². The summed E-state index contributed by atoms with van der Waals surface area (Å²) in [6.45, 7) is 0.356. The van der Waals surface area contributed by atoms with E-state index in [0.29, 0.717) is 12.1 Å². The number of carbonyl (C=O) groups excluding carboxylic acids is 1. The molecular weight excluding hydrogens is 376 g/mol. The fraction of sp³-hybridized carbons (Fsp3) is 0.250. The molecule has 3 aromatic rings. The predicted octanol–water partition coefficient (Wildman–Crippen LogP) is 1.71. The second-order valence-corrected chi connectivity index (χ2v) is 8.72. The van der Waals surface area contributed by atoms with Crippen LogP contribution in [-0.4, -0.2) is 36.3 Å². The molecule has 4 rings (SSSR count). The van der Waals surface area contributed by atoms with Gasteiger partial charge in [0.2, 0.25) is 0 Å². The van der Waals surface area contributed by atoms with Crippen molar-refractivity contribution in [3.63, 3.8) is 0 Å². The lowest BCUT2D eigenvalue weighted by atomic mass is 9.89. The van der Waals surface area contributed by atoms with Crippen LogP contribution in [0.5, 0.6) is 0 Å². The molecule has 1 unspecified atom stereocenters. The maximum Gasteiger partial charge on any atom is 0.276 e. The highest BCUT2D eigenvalue weighted by molar-refractivity contribution is 7.86. The summed E-state index contributed by atoms with van der Waals surface area (Å²) < 4.78 is 26.8. The molecule has 1 aromatic heterocycles. The van der Waals surface area contributed by atoms with Gasteiger partial charge in [-0.2, -0.15) is 12.7 Å². The quantitative estimate of drug-likeness (QED) is 0.700. The van der Waals surface area contributed by atoms with Crippen LogP contribution < -0.4 is 10.5 Å². The van der Waals surface area contributed by atoms with Crippen LogP contribution >= 0.6 is 0 Å². The molecule has 28 heavy (non-hydrogen) atoms. The van der Waals surface area contributed by atoms with E-state index in [1.54, 1.807) is 0 Å². The Morgan fingerprint density at radius 3 is 2.43 bits per heavy atom. The van der Waals surface area contributed by atoms with Crippen LogP contribution in [0.2, 0.25) is 0 Å². The molecule has 0 radical (unpaired) electrons. The summed E-state index contributed by atoms with van der Waals surface area (Å²) >= 11 is 0. The fourth-order valence-electron chi connectivity index (χ4n) is 3.95. The minimum Gasteiger partial charge on any atom is -0.340 e. The van der Waals surface area contributed by atoms with Crippen molar-refractivity contribution in [2.45, 2.75) is 12.0 Å². The van der Waals surface area contributed by atoms with Crippen LogP contribution in [0.4, 0.5) is 0 Å². The number of nitrogens with zero attached hydrogens (tertiary/aromatic N) is 2. The summed E-state index contributed by atoms with van der Waals surface area (Å²) in [7, 11) is -1.99. The number of para-hydroxylation sites is 1. The number of rotatable bonds is 4. The second kappa shape index (κ2) is 6.73. The van der Waals surface area contributed by atoms with Gasteiger partial charge in [0.05, 0.1) is 5.54 Å². The van der Waals surface area contributed by atoms with Crippen molar-refractivity contribution in [3.8, 4) is 0 Å². The predicted molar refractivity (Wildman–Crippen MR) is 108 cm³/mol. The topological polar surface area (TPSA) is 97.4 Å². The first kappa shape index (κ1) is 18.7. The Morgan fingerprint density at radius 1 is 1.11 bits per heavy atom. The SMILES string of the molecule is Cn1c(C(=O)NC2(c3ccccc3)CCN(S(N)(=O)=O)C2)cc2ccccc21. The molecule has 1 saturated heterocycles. The third-order valence-corrected chi connectivity index (χ3v) is 6.49. The average Bonchev–Trinajstić information content (AvgIpc) is 3.26. The Kier molecular flexibility index (Phi) is 4.49. The van der Waals surface area contributed by atoms with Crippen molar-refractivity contribution in [1.29, 1.82) is 0 Å². The Morgan fingerprint density at radius 2 is 1.79 bits per heavy atom. The lowest BCUT2D eigenvalue weighted by Crippen LogP contribution is -2.49. The zero-order valence-corrected chi connectivity index (χ0v) is 16.3. The maximum atomic E-state index is 13.2. The number of aromatic nitrogens is 1. The van der Waals surface area contributed by atoms with Crippen LogP contribution in [0.3, 0.4) is 0 Å². The monoisotopic (exact) mass is 398 g/mol. The van der Waals surface area contributed by atoms with E-state index in [9.17, 15) is 13.2 Å². The van der Waals surface area contributed by atoms with Crippen molar-refractivity contribution < 1.29 is 13.2 Å². The molecule has 8 heteroatoms. The summed E-state index contributed by atoms with van der Waals surface area (Å²) in [5.74, 6) is -0.251. The van der Waals surface area contributed by atoms with E-state index < -0.39 is 15.7 Å². The number of benzene rings is 2. The van der Waals surface area contributed by atoms with Gasteiger partial charge in [-0.15, -0.1) is 0 Å². The van der Waals surface area contributed by atoms with Crippen LogP contribution in [0.25, 0.3) is 10.9 Å². The van der Waals surface area contributed by atoms with Gasteiger partial charge in [0.1, 0.15) is 5.69 Å². The Bertz CT molecular complexity index is 1140. The molecule has 0 aliphatic carbocycles. The Labute approximate surface area is 163 Å². The van der Waals surface area contributed by atoms with E-state index in [2.05, 4.69) is 5.32 Å². The van der Waals surface area contributed by atoms with Crippen molar-refractivity contribution in [3.05, 3.63) is 71.9 Å². The highest BCUT2D eigenvalue weighted by Gasteiger charge is 2.44. The average molecular weight is 398 g/mol. The number of aryl methyl sites for hydroxylation is 1. The summed E-state index contributed by atoms with van der Waals surface area (Å²) in [5.41, 5.74) is 1.50. The number of amides is 1. The van der Waals surface area contributed by atoms with Crippen LogP contribution in [0, 0.1) is 0 Å². The zero-order chi connectivity index (χ0) is 19.9. The van der Waals surface area contributed by atoms with E-state index in [0.717, 1.165) is 16.5 Å². The van der Waals surface area contributed by atoms with E-state index in [4.69, 9.17) is 5.14 Å². The molecule has 2 heterocycles. The van der Waals surface area contributed by atoms with Gasteiger partial charge in [-0.1, -0.05) is 48.5 Å². The number of nitrogens with two attached hydrogens (primary N) is 1. The van der Waals surface area contributed by atoms with Crippen molar-refractivity contribution in [2.24, 2.45) is 12.2 Å². The molecule has 1 aliphatic rings. The molecule has 2 aromatic carbocycles. The molecule has 0 spiro atoms. The van der Waals surface area contributed by atoms with E-state index in [1.807, 2.05) is 72.3 Å². The summed E-state index contributed by atoms with van der Waals surface area (Å²) in [5, 5.41) is 9.42. The number of hydrogen-bond acceptors (Lipinski definition) is 3. The first-order valence-corrected chi connectivity index (χ1v) is 10.5. The fourth-order valence-corrected chi connectivity index (χ4v) is 4.69. The van der Waals surface area contributed by atoms with Crippen molar-refractivity contribution in [2.75, 3.05) is 13.1 Å². The maximum absolute atomic E-state index is 13.2. The molecule has 0 bridgehead atoms. The molecule has 1 atom stereocenters. The van der Waals surface area contributed by atoms with Gasteiger partial charge in [-0.25, -0.2) is 5.14 Å². The largest absolute Gasteiger partial charge is 0.340 e. The first-order chi connectivity index (χ1) is 13.3. The number of fused-ring (bicyclic) bond motifs is 1. The van der Waals surface area contributed by atoms with Crippen LogP contribution in [0.1, 0.15) is 22.5 Å². The standard InChI is InChI=1S/C20H22N4O3S/c1-23-17-10-6-5-7-15(17)13-18(23)19(25)22-20(16-8-3-2-4-9-16)11-12-24(14-20)28(21,26)27/h2-10,13H,11-12,14H2,1H3,(H,22,25)(H2,21,26,27). The van der Waals surface area contributed by atoms with Crippen LogP contribution in [0.15, 0.2) is 60.7 Å². The molecular formula is C20H22N4O3S. The molecule has 7 nitrogen and oxygen atoms in total. The van der Waals surface area contributed by atoms with Gasteiger partial charge in [0.15, 0.2) is 0 Å². The lowest BCUT2D eigenvalue weighted by Gasteiger charge is -2.31. The lowest BCUT2D eigenvalue weighted by molar-refractivity contribution is 0.0893. The molecule has 1 aliphatic heterocycles. The third-order valence-electron chi connectivity index (χ3n) is 5.46. The summed E-state index contributed by atoms with van der Waals surface area (Å²) in [4.78, 5) is 13.2. The first-order valence-electron chi connectivity index (χ1n) is 9.01. The van der Waals surface area contributed by atoms with Gasteiger partial charge >= 0.3 is 0 Å². The van der Waals surface area contributed by atoms with Crippen LogP contribution in [-0.2, 0) is 22.8 Å². The minimum absolute atomic E-state index is 0.103. The summed E-state index contributed by atoms with van der Waals surface area (Å²) in [6, 6.07) is 19.0. The molecule has 1 fully saturated rings. The second-order valence-electron chi connectivity index (χ2n) is 7.18. The molecule has 3 N–H and O–H groups in total. The smallest absolute Gasteiger partial charge is 0.276 e.